The zero-order chi connectivity index (χ0) is 10.3. The first-order valence-electron chi connectivity index (χ1n) is 5.17. The SMILES string of the molecule is CC(C)CC1(CC(C)C)CC1(F)F. The maximum absolute atomic E-state index is 13.2. The Labute approximate surface area is 79.7 Å². The fraction of sp³-hybridized carbons (Fsp3) is 1.00. The summed E-state index contributed by atoms with van der Waals surface area (Å²) in [5, 5.41) is 0. The van der Waals surface area contributed by atoms with Gasteiger partial charge in [-0.05, 0) is 24.7 Å². The Hall–Kier alpha value is -0.140. The first-order chi connectivity index (χ1) is 5.79. The van der Waals surface area contributed by atoms with Gasteiger partial charge in [0.05, 0.1) is 0 Å². The van der Waals surface area contributed by atoms with Crippen LogP contribution in [0.3, 0.4) is 0 Å². The van der Waals surface area contributed by atoms with Crippen LogP contribution in [0.5, 0.6) is 0 Å². The molecule has 0 aromatic heterocycles. The van der Waals surface area contributed by atoms with Crippen molar-refractivity contribution in [1.29, 1.82) is 0 Å². The molecule has 1 aliphatic carbocycles. The third-order valence-electron chi connectivity index (χ3n) is 2.81. The molecular weight excluding hydrogens is 170 g/mol. The maximum atomic E-state index is 13.2. The normalized spacial score (nSPS) is 24.0. The topological polar surface area (TPSA) is 0 Å². The highest BCUT2D eigenvalue weighted by atomic mass is 19.3. The third-order valence-corrected chi connectivity index (χ3v) is 2.81. The van der Waals surface area contributed by atoms with Crippen molar-refractivity contribution in [1.82, 2.24) is 0 Å². The van der Waals surface area contributed by atoms with E-state index in [1.807, 2.05) is 27.7 Å². The average molecular weight is 190 g/mol. The summed E-state index contributed by atoms with van der Waals surface area (Å²) in [6.07, 6.45) is 1.48. The van der Waals surface area contributed by atoms with Crippen LogP contribution in [0.2, 0.25) is 0 Å². The van der Waals surface area contributed by atoms with Gasteiger partial charge < -0.3 is 0 Å². The highest BCUT2D eigenvalue weighted by Crippen LogP contribution is 2.66. The van der Waals surface area contributed by atoms with Crippen LogP contribution in [0.15, 0.2) is 0 Å². The summed E-state index contributed by atoms with van der Waals surface area (Å²) in [5.74, 6) is -1.61. The second kappa shape index (κ2) is 3.21. The van der Waals surface area contributed by atoms with E-state index in [-0.39, 0.29) is 6.42 Å². The Morgan fingerprint density at radius 1 is 1.00 bits per heavy atom. The van der Waals surface area contributed by atoms with E-state index in [1.165, 1.54) is 0 Å². The average Bonchev–Trinajstić information content (AvgIpc) is 2.27. The summed E-state index contributed by atoms with van der Waals surface area (Å²) in [7, 11) is 0. The molecule has 2 heteroatoms. The number of rotatable bonds is 4. The summed E-state index contributed by atoms with van der Waals surface area (Å²) in [6, 6.07) is 0. The number of hydrogen-bond donors (Lipinski definition) is 0. The molecule has 13 heavy (non-hydrogen) atoms. The van der Waals surface area contributed by atoms with Crippen LogP contribution in [-0.4, -0.2) is 5.92 Å². The van der Waals surface area contributed by atoms with Crippen LogP contribution in [-0.2, 0) is 0 Å². The van der Waals surface area contributed by atoms with Gasteiger partial charge in [0, 0.05) is 11.8 Å². The van der Waals surface area contributed by atoms with Gasteiger partial charge in [-0.25, -0.2) is 8.78 Å². The molecule has 0 aliphatic heterocycles. The monoisotopic (exact) mass is 190 g/mol. The van der Waals surface area contributed by atoms with Gasteiger partial charge in [-0.1, -0.05) is 27.7 Å². The lowest BCUT2D eigenvalue weighted by atomic mass is 9.86. The minimum Gasteiger partial charge on any atom is -0.206 e. The molecule has 1 rings (SSSR count). The summed E-state index contributed by atoms with van der Waals surface area (Å²) in [4.78, 5) is 0. The van der Waals surface area contributed by atoms with Gasteiger partial charge in [-0.15, -0.1) is 0 Å². The fourth-order valence-corrected chi connectivity index (χ4v) is 2.47. The number of hydrogen-bond acceptors (Lipinski definition) is 0. The molecule has 1 aliphatic rings. The van der Waals surface area contributed by atoms with Gasteiger partial charge in [0.2, 0.25) is 0 Å². The first kappa shape index (κ1) is 10.9. The quantitative estimate of drug-likeness (QED) is 0.626. The van der Waals surface area contributed by atoms with Crippen LogP contribution < -0.4 is 0 Å². The van der Waals surface area contributed by atoms with E-state index in [0.717, 1.165) is 0 Å². The highest BCUT2D eigenvalue weighted by molar-refractivity contribution is 5.10. The highest BCUT2D eigenvalue weighted by Gasteiger charge is 2.69. The molecule has 0 aromatic rings. The van der Waals surface area contributed by atoms with E-state index in [1.54, 1.807) is 0 Å². The molecule has 0 nitrogen and oxygen atoms in total. The molecule has 0 bridgehead atoms. The molecule has 0 atom stereocenters. The molecule has 0 N–H and O–H groups in total. The van der Waals surface area contributed by atoms with Crippen LogP contribution >= 0.6 is 0 Å². The van der Waals surface area contributed by atoms with Crippen LogP contribution in [0.1, 0.15) is 47.0 Å². The van der Waals surface area contributed by atoms with E-state index in [9.17, 15) is 8.78 Å². The lowest BCUT2D eigenvalue weighted by Crippen LogP contribution is -2.16. The Morgan fingerprint density at radius 3 is 1.46 bits per heavy atom. The lowest BCUT2D eigenvalue weighted by Gasteiger charge is -2.20. The minimum absolute atomic E-state index is 0.121. The van der Waals surface area contributed by atoms with E-state index < -0.39 is 11.3 Å². The van der Waals surface area contributed by atoms with Gasteiger partial charge >= 0.3 is 0 Å². The Kier molecular flexibility index (Phi) is 2.70. The standard InChI is InChI=1S/C11H20F2/c1-8(2)5-10(6-9(3)4)7-11(10,12)13/h8-9H,5-7H2,1-4H3. The molecular formula is C11H20F2. The summed E-state index contributed by atoms with van der Waals surface area (Å²) >= 11 is 0. The molecule has 0 saturated heterocycles. The van der Waals surface area contributed by atoms with Crippen molar-refractivity contribution in [3.63, 3.8) is 0 Å². The van der Waals surface area contributed by atoms with Crippen LogP contribution in [0, 0.1) is 17.3 Å². The molecule has 0 heterocycles. The zero-order valence-electron chi connectivity index (χ0n) is 9.03. The fourth-order valence-electron chi connectivity index (χ4n) is 2.47. The molecule has 0 amide bonds. The predicted octanol–water partition coefficient (Wildman–Crippen LogP) is 4.10. The smallest absolute Gasteiger partial charge is 0.206 e. The Balaban J connectivity index is 2.58. The van der Waals surface area contributed by atoms with Crippen LogP contribution in [0.25, 0.3) is 0 Å². The molecule has 0 spiro atoms. The lowest BCUT2D eigenvalue weighted by molar-refractivity contribution is 0.0460. The third kappa shape index (κ3) is 2.21. The molecule has 0 radical (unpaired) electrons. The largest absolute Gasteiger partial charge is 0.254 e. The summed E-state index contributed by atoms with van der Waals surface area (Å²) in [6.45, 7) is 8.10. The molecule has 78 valence electrons. The minimum atomic E-state index is -2.37. The zero-order valence-corrected chi connectivity index (χ0v) is 9.03. The van der Waals surface area contributed by atoms with Gasteiger partial charge in [-0.2, -0.15) is 0 Å². The van der Waals surface area contributed by atoms with E-state index in [4.69, 9.17) is 0 Å². The number of alkyl halides is 2. The van der Waals surface area contributed by atoms with Crippen molar-refractivity contribution < 1.29 is 8.78 Å². The van der Waals surface area contributed by atoms with Gasteiger partial charge in [0.25, 0.3) is 5.92 Å². The molecule has 1 fully saturated rings. The predicted molar refractivity (Wildman–Crippen MR) is 50.9 cm³/mol. The van der Waals surface area contributed by atoms with Crippen LogP contribution in [0.4, 0.5) is 8.78 Å². The van der Waals surface area contributed by atoms with Crippen molar-refractivity contribution in [3.8, 4) is 0 Å². The van der Waals surface area contributed by atoms with Crippen molar-refractivity contribution in [3.05, 3.63) is 0 Å². The van der Waals surface area contributed by atoms with E-state index in [2.05, 4.69) is 0 Å². The maximum Gasteiger partial charge on any atom is 0.254 e. The molecule has 1 saturated carbocycles. The van der Waals surface area contributed by atoms with Crippen molar-refractivity contribution in [2.75, 3.05) is 0 Å². The summed E-state index contributed by atoms with van der Waals surface area (Å²) < 4.78 is 26.3. The van der Waals surface area contributed by atoms with Crippen molar-refractivity contribution in [2.24, 2.45) is 17.3 Å². The molecule has 0 aromatic carbocycles. The molecule has 0 unspecified atom stereocenters. The van der Waals surface area contributed by atoms with E-state index in [0.29, 0.717) is 24.7 Å². The van der Waals surface area contributed by atoms with E-state index >= 15 is 0 Å². The summed E-state index contributed by atoms with van der Waals surface area (Å²) in [5.41, 5.74) is -0.644. The Morgan fingerprint density at radius 2 is 1.31 bits per heavy atom. The van der Waals surface area contributed by atoms with Gasteiger partial charge in [0.1, 0.15) is 0 Å². The van der Waals surface area contributed by atoms with Crippen molar-refractivity contribution >= 4 is 0 Å². The van der Waals surface area contributed by atoms with Gasteiger partial charge in [0.15, 0.2) is 0 Å². The Bertz CT molecular complexity index is 173. The van der Waals surface area contributed by atoms with Gasteiger partial charge in [-0.3, -0.25) is 0 Å². The first-order valence-corrected chi connectivity index (χ1v) is 5.17. The number of halogens is 2. The second-order valence-electron chi connectivity index (χ2n) is 5.36. The van der Waals surface area contributed by atoms with Crippen molar-refractivity contribution in [2.45, 2.75) is 52.9 Å². The second-order valence-corrected chi connectivity index (χ2v) is 5.36.